The van der Waals surface area contributed by atoms with Crippen LogP contribution in [0.2, 0.25) is 0 Å². The van der Waals surface area contributed by atoms with Gasteiger partial charge in [-0.3, -0.25) is 4.79 Å². The van der Waals surface area contributed by atoms with Gasteiger partial charge in [0, 0.05) is 30.7 Å². The average molecular weight is 352 g/mol. The topological polar surface area (TPSA) is 61.0 Å². The highest BCUT2D eigenvalue weighted by Gasteiger charge is 2.24. The minimum Gasteiger partial charge on any atom is -0.364 e. The van der Waals surface area contributed by atoms with E-state index in [2.05, 4.69) is 15.3 Å². The maximum absolute atomic E-state index is 13.4. The SMILES string of the molecule is Cc1[nH]c2c(NCc3cccc(F)c3)nc(C(=O)N3CCC3)cc2c1C. The molecule has 5 nitrogen and oxygen atoms in total. The highest BCUT2D eigenvalue weighted by molar-refractivity contribution is 6.00. The van der Waals surface area contributed by atoms with Gasteiger partial charge in [0.15, 0.2) is 5.82 Å². The molecule has 0 bridgehead atoms. The fourth-order valence-electron chi connectivity index (χ4n) is 3.20. The lowest BCUT2D eigenvalue weighted by Crippen LogP contribution is -2.42. The summed E-state index contributed by atoms with van der Waals surface area (Å²) in [4.78, 5) is 22.4. The number of aromatic amines is 1. The first-order valence-corrected chi connectivity index (χ1v) is 8.80. The highest BCUT2D eigenvalue weighted by atomic mass is 19.1. The van der Waals surface area contributed by atoms with Crippen LogP contribution in [0.1, 0.15) is 33.7 Å². The van der Waals surface area contributed by atoms with Crippen molar-refractivity contribution < 1.29 is 9.18 Å². The number of pyridine rings is 1. The average Bonchev–Trinajstić information content (AvgIpc) is 2.86. The number of likely N-dealkylation sites (tertiary alicyclic amines) is 1. The van der Waals surface area contributed by atoms with E-state index in [0.29, 0.717) is 18.1 Å². The van der Waals surface area contributed by atoms with Gasteiger partial charge in [-0.2, -0.15) is 0 Å². The monoisotopic (exact) mass is 352 g/mol. The summed E-state index contributed by atoms with van der Waals surface area (Å²) in [6.45, 7) is 6.04. The Morgan fingerprint density at radius 2 is 2.12 bits per heavy atom. The second kappa shape index (κ2) is 6.44. The Morgan fingerprint density at radius 3 is 2.81 bits per heavy atom. The lowest BCUT2D eigenvalue weighted by Gasteiger charge is -2.30. The number of H-pyrrole nitrogens is 1. The number of rotatable bonds is 4. The Morgan fingerprint density at radius 1 is 1.31 bits per heavy atom. The van der Waals surface area contributed by atoms with Crippen LogP contribution < -0.4 is 5.32 Å². The van der Waals surface area contributed by atoms with Crippen LogP contribution >= 0.6 is 0 Å². The molecule has 4 rings (SSSR count). The molecule has 6 heteroatoms. The number of nitrogens with zero attached hydrogens (tertiary/aromatic N) is 2. The first kappa shape index (κ1) is 16.6. The molecule has 0 aliphatic carbocycles. The molecule has 0 saturated carbocycles. The minimum absolute atomic E-state index is 0.0368. The van der Waals surface area contributed by atoms with Gasteiger partial charge in [-0.1, -0.05) is 12.1 Å². The van der Waals surface area contributed by atoms with E-state index in [9.17, 15) is 9.18 Å². The minimum atomic E-state index is -0.268. The number of carbonyl (C=O) groups is 1. The number of halogens is 1. The molecule has 1 fully saturated rings. The van der Waals surface area contributed by atoms with Gasteiger partial charge >= 0.3 is 0 Å². The number of aromatic nitrogens is 2. The van der Waals surface area contributed by atoms with Gasteiger partial charge in [0.05, 0.1) is 5.52 Å². The van der Waals surface area contributed by atoms with Crippen molar-refractivity contribution >= 4 is 22.6 Å². The standard InChI is InChI=1S/C20H21FN4O/c1-12-13(2)23-18-16(12)10-17(20(26)25-7-4-8-25)24-19(18)22-11-14-5-3-6-15(21)9-14/h3,5-6,9-10,23H,4,7-8,11H2,1-2H3,(H,22,24). The van der Waals surface area contributed by atoms with Crippen molar-refractivity contribution in [1.29, 1.82) is 0 Å². The van der Waals surface area contributed by atoms with Gasteiger partial charge < -0.3 is 15.2 Å². The van der Waals surface area contributed by atoms with Gasteiger partial charge in [-0.05, 0) is 49.6 Å². The summed E-state index contributed by atoms with van der Waals surface area (Å²) < 4.78 is 13.4. The molecule has 0 radical (unpaired) electrons. The molecule has 3 heterocycles. The van der Waals surface area contributed by atoms with E-state index >= 15 is 0 Å². The molecule has 2 aromatic heterocycles. The summed E-state index contributed by atoms with van der Waals surface area (Å²) in [6, 6.07) is 8.31. The largest absolute Gasteiger partial charge is 0.364 e. The molecular formula is C20H21FN4O. The van der Waals surface area contributed by atoms with Crippen LogP contribution in [0.15, 0.2) is 30.3 Å². The Kier molecular flexibility index (Phi) is 4.11. The lowest BCUT2D eigenvalue weighted by molar-refractivity contribution is 0.0646. The zero-order valence-corrected chi connectivity index (χ0v) is 14.9. The fourth-order valence-corrected chi connectivity index (χ4v) is 3.20. The molecule has 0 spiro atoms. The molecule has 0 atom stereocenters. The number of amides is 1. The van der Waals surface area contributed by atoms with Crippen LogP contribution in [-0.4, -0.2) is 33.9 Å². The third-order valence-electron chi connectivity index (χ3n) is 5.01. The molecule has 1 aliphatic rings. The van der Waals surface area contributed by atoms with Crippen LogP contribution in [0.5, 0.6) is 0 Å². The molecule has 1 aliphatic heterocycles. The molecule has 134 valence electrons. The number of carbonyl (C=O) groups excluding carboxylic acids is 1. The van der Waals surface area contributed by atoms with Gasteiger partial charge in [0.1, 0.15) is 11.5 Å². The molecule has 1 saturated heterocycles. The first-order chi connectivity index (χ1) is 12.5. The number of benzene rings is 1. The fraction of sp³-hybridized carbons (Fsp3) is 0.300. The van der Waals surface area contributed by atoms with E-state index < -0.39 is 0 Å². The van der Waals surface area contributed by atoms with E-state index in [1.54, 1.807) is 11.0 Å². The van der Waals surface area contributed by atoms with Gasteiger partial charge in [-0.15, -0.1) is 0 Å². The van der Waals surface area contributed by atoms with Crippen molar-refractivity contribution in [1.82, 2.24) is 14.9 Å². The van der Waals surface area contributed by atoms with Crippen LogP contribution in [0.25, 0.3) is 10.9 Å². The number of hydrogen-bond acceptors (Lipinski definition) is 3. The van der Waals surface area contributed by atoms with E-state index in [1.165, 1.54) is 12.1 Å². The van der Waals surface area contributed by atoms with Crippen LogP contribution in [0.3, 0.4) is 0 Å². The highest BCUT2D eigenvalue weighted by Crippen LogP contribution is 2.28. The third-order valence-corrected chi connectivity index (χ3v) is 5.01. The molecule has 0 unspecified atom stereocenters. The predicted molar refractivity (Wildman–Crippen MR) is 99.8 cm³/mol. The van der Waals surface area contributed by atoms with Crippen molar-refractivity contribution in [3.63, 3.8) is 0 Å². The van der Waals surface area contributed by atoms with Crippen LogP contribution in [0.4, 0.5) is 10.2 Å². The Labute approximate surface area is 151 Å². The number of anilines is 1. The molecule has 1 amide bonds. The maximum Gasteiger partial charge on any atom is 0.272 e. The number of hydrogen-bond donors (Lipinski definition) is 2. The molecular weight excluding hydrogens is 331 g/mol. The summed E-state index contributed by atoms with van der Waals surface area (Å²) >= 11 is 0. The van der Waals surface area contributed by atoms with E-state index in [-0.39, 0.29) is 11.7 Å². The molecule has 2 N–H and O–H groups in total. The lowest BCUT2D eigenvalue weighted by atomic mass is 10.1. The van der Waals surface area contributed by atoms with Crippen LogP contribution in [0, 0.1) is 19.7 Å². The number of fused-ring (bicyclic) bond motifs is 1. The molecule has 3 aromatic rings. The summed E-state index contributed by atoms with van der Waals surface area (Å²) in [5, 5.41) is 4.25. The molecule has 26 heavy (non-hydrogen) atoms. The summed E-state index contributed by atoms with van der Waals surface area (Å²) in [5.41, 5.74) is 4.29. The van der Waals surface area contributed by atoms with Crippen molar-refractivity contribution in [2.24, 2.45) is 0 Å². The zero-order chi connectivity index (χ0) is 18.3. The van der Waals surface area contributed by atoms with Crippen molar-refractivity contribution in [3.8, 4) is 0 Å². The predicted octanol–water partition coefficient (Wildman–Crippen LogP) is 3.78. The van der Waals surface area contributed by atoms with Crippen LogP contribution in [-0.2, 0) is 6.54 Å². The normalized spacial score (nSPS) is 13.7. The van der Waals surface area contributed by atoms with Gasteiger partial charge in [0.25, 0.3) is 5.91 Å². The summed E-state index contributed by atoms with van der Waals surface area (Å²) in [5.74, 6) is 0.313. The number of nitrogens with one attached hydrogen (secondary N) is 2. The van der Waals surface area contributed by atoms with E-state index in [0.717, 1.165) is 47.2 Å². The Bertz CT molecular complexity index is 991. The second-order valence-electron chi connectivity index (χ2n) is 6.78. The number of aryl methyl sites for hydroxylation is 2. The zero-order valence-electron chi connectivity index (χ0n) is 14.9. The summed E-state index contributed by atoms with van der Waals surface area (Å²) in [7, 11) is 0. The van der Waals surface area contributed by atoms with Crippen molar-refractivity contribution in [3.05, 3.63) is 58.7 Å². The maximum atomic E-state index is 13.4. The Hall–Kier alpha value is -2.89. The smallest absolute Gasteiger partial charge is 0.272 e. The van der Waals surface area contributed by atoms with Gasteiger partial charge in [0.2, 0.25) is 0 Å². The van der Waals surface area contributed by atoms with Crippen molar-refractivity contribution in [2.45, 2.75) is 26.8 Å². The summed E-state index contributed by atoms with van der Waals surface area (Å²) in [6.07, 6.45) is 1.04. The quantitative estimate of drug-likeness (QED) is 0.751. The van der Waals surface area contributed by atoms with E-state index in [4.69, 9.17) is 0 Å². The van der Waals surface area contributed by atoms with Crippen molar-refractivity contribution in [2.75, 3.05) is 18.4 Å². The van der Waals surface area contributed by atoms with Gasteiger partial charge in [-0.25, -0.2) is 9.37 Å². The van der Waals surface area contributed by atoms with E-state index in [1.807, 2.05) is 26.0 Å². The third kappa shape index (κ3) is 2.92. The molecule has 1 aromatic carbocycles. The first-order valence-electron chi connectivity index (χ1n) is 8.80. The Balaban J connectivity index is 1.71. The second-order valence-corrected chi connectivity index (χ2v) is 6.78.